The van der Waals surface area contributed by atoms with Gasteiger partial charge in [0.25, 0.3) is 5.69 Å². The molecular weight excluding hydrogens is 215 g/mol. The average molecular weight is 228 g/mol. The summed E-state index contributed by atoms with van der Waals surface area (Å²) in [6.45, 7) is 1.21. The summed E-state index contributed by atoms with van der Waals surface area (Å²) >= 11 is 0. The standard InChI is InChI=1S/C10H13FN2O3/c1-10(12,6-14)5-7-4-8(11)2-3-9(7)13(15)16/h2-4,14H,5-6,12H2,1H3. The molecule has 5 nitrogen and oxygen atoms in total. The predicted octanol–water partition coefficient (Wildman–Crippen LogP) is 0.986. The first kappa shape index (κ1) is 12.5. The minimum absolute atomic E-state index is 0.0393. The third-order valence-electron chi connectivity index (χ3n) is 2.19. The number of hydrogen-bond donors (Lipinski definition) is 2. The fourth-order valence-corrected chi connectivity index (χ4v) is 1.36. The van der Waals surface area contributed by atoms with Crippen molar-refractivity contribution in [2.75, 3.05) is 6.61 Å². The topological polar surface area (TPSA) is 89.4 Å². The molecule has 0 radical (unpaired) electrons. The molecule has 88 valence electrons. The Balaban J connectivity index is 3.10. The van der Waals surface area contributed by atoms with Gasteiger partial charge in [-0.05, 0) is 25.5 Å². The van der Waals surface area contributed by atoms with E-state index in [-0.39, 0.29) is 24.3 Å². The minimum atomic E-state index is -1.00. The van der Waals surface area contributed by atoms with Crippen LogP contribution in [0.5, 0.6) is 0 Å². The molecule has 0 aromatic heterocycles. The van der Waals surface area contributed by atoms with Crippen LogP contribution in [-0.4, -0.2) is 22.2 Å². The van der Waals surface area contributed by atoms with Crippen molar-refractivity contribution in [2.24, 2.45) is 5.73 Å². The van der Waals surface area contributed by atoms with Crippen molar-refractivity contribution in [2.45, 2.75) is 18.9 Å². The molecular formula is C10H13FN2O3. The molecule has 0 aliphatic rings. The Morgan fingerprint density at radius 3 is 2.75 bits per heavy atom. The van der Waals surface area contributed by atoms with Gasteiger partial charge in [-0.2, -0.15) is 0 Å². The minimum Gasteiger partial charge on any atom is -0.394 e. The predicted molar refractivity (Wildman–Crippen MR) is 56.4 cm³/mol. The van der Waals surface area contributed by atoms with Crippen LogP contribution in [0.4, 0.5) is 10.1 Å². The number of aliphatic hydroxyl groups excluding tert-OH is 1. The zero-order valence-electron chi connectivity index (χ0n) is 8.81. The number of hydrogen-bond acceptors (Lipinski definition) is 4. The van der Waals surface area contributed by atoms with Crippen LogP contribution in [-0.2, 0) is 6.42 Å². The average Bonchev–Trinajstić information content (AvgIpc) is 2.16. The highest BCUT2D eigenvalue weighted by Gasteiger charge is 2.23. The first-order valence-electron chi connectivity index (χ1n) is 4.68. The van der Waals surface area contributed by atoms with E-state index >= 15 is 0 Å². The molecule has 3 N–H and O–H groups in total. The Bertz CT molecular complexity index is 407. The van der Waals surface area contributed by atoms with E-state index in [1.165, 1.54) is 0 Å². The maximum absolute atomic E-state index is 13.0. The van der Waals surface area contributed by atoms with Gasteiger partial charge in [0.05, 0.1) is 11.5 Å². The van der Waals surface area contributed by atoms with E-state index in [0.29, 0.717) is 0 Å². The number of nitrogens with two attached hydrogens (primary N) is 1. The normalized spacial score (nSPS) is 14.5. The van der Waals surface area contributed by atoms with Gasteiger partial charge in [-0.3, -0.25) is 10.1 Å². The van der Waals surface area contributed by atoms with E-state index in [0.717, 1.165) is 18.2 Å². The van der Waals surface area contributed by atoms with E-state index in [1.807, 2.05) is 0 Å². The van der Waals surface area contributed by atoms with Crippen molar-refractivity contribution in [1.82, 2.24) is 0 Å². The highest BCUT2D eigenvalue weighted by atomic mass is 19.1. The molecule has 0 amide bonds. The van der Waals surface area contributed by atoms with Gasteiger partial charge >= 0.3 is 0 Å². The Kier molecular flexibility index (Phi) is 3.56. The van der Waals surface area contributed by atoms with Gasteiger partial charge in [0.15, 0.2) is 0 Å². The Morgan fingerprint density at radius 2 is 2.25 bits per heavy atom. The lowest BCUT2D eigenvalue weighted by molar-refractivity contribution is -0.385. The number of nitro benzene ring substituents is 1. The molecule has 1 aromatic rings. The number of nitro groups is 1. The molecule has 1 unspecified atom stereocenters. The summed E-state index contributed by atoms with van der Waals surface area (Å²) in [5.41, 5.74) is 4.67. The first-order chi connectivity index (χ1) is 7.35. The highest BCUT2D eigenvalue weighted by molar-refractivity contribution is 5.41. The lowest BCUT2D eigenvalue weighted by atomic mass is 9.94. The van der Waals surface area contributed by atoms with E-state index in [9.17, 15) is 14.5 Å². The summed E-state index contributed by atoms with van der Waals surface area (Å²) in [6, 6.07) is 3.19. The first-order valence-corrected chi connectivity index (χ1v) is 4.68. The lowest BCUT2D eigenvalue weighted by Gasteiger charge is -2.21. The summed E-state index contributed by atoms with van der Waals surface area (Å²) < 4.78 is 13.0. The quantitative estimate of drug-likeness (QED) is 0.594. The molecule has 0 fully saturated rings. The number of halogens is 1. The van der Waals surface area contributed by atoms with Crippen molar-refractivity contribution in [3.63, 3.8) is 0 Å². The van der Waals surface area contributed by atoms with Crippen molar-refractivity contribution in [1.29, 1.82) is 0 Å². The maximum atomic E-state index is 13.0. The van der Waals surface area contributed by atoms with Gasteiger partial charge in [0, 0.05) is 17.2 Å². The largest absolute Gasteiger partial charge is 0.394 e. The molecule has 0 aliphatic heterocycles. The lowest BCUT2D eigenvalue weighted by Crippen LogP contribution is -2.42. The molecule has 1 atom stereocenters. The molecule has 0 bridgehead atoms. The zero-order chi connectivity index (χ0) is 12.3. The summed E-state index contributed by atoms with van der Waals surface area (Å²) in [4.78, 5) is 10.1. The van der Waals surface area contributed by atoms with Crippen LogP contribution in [0.25, 0.3) is 0 Å². The molecule has 0 heterocycles. The van der Waals surface area contributed by atoms with Gasteiger partial charge in [-0.25, -0.2) is 4.39 Å². The van der Waals surface area contributed by atoms with Gasteiger partial charge < -0.3 is 10.8 Å². The van der Waals surface area contributed by atoms with E-state index in [1.54, 1.807) is 6.92 Å². The van der Waals surface area contributed by atoms with Crippen LogP contribution < -0.4 is 5.73 Å². The summed E-state index contributed by atoms with van der Waals surface area (Å²) in [6.07, 6.45) is 0.0393. The monoisotopic (exact) mass is 228 g/mol. The smallest absolute Gasteiger partial charge is 0.272 e. The number of aliphatic hydroxyl groups is 1. The Labute approximate surface area is 91.8 Å². The van der Waals surface area contributed by atoms with Gasteiger partial charge in [0.2, 0.25) is 0 Å². The third kappa shape index (κ3) is 2.98. The summed E-state index contributed by atoms with van der Waals surface area (Å²) in [7, 11) is 0. The van der Waals surface area contributed by atoms with Crippen LogP contribution in [0.15, 0.2) is 18.2 Å². The SMILES string of the molecule is CC(N)(CO)Cc1cc(F)ccc1[N+](=O)[O-]. The second-order valence-electron chi connectivity index (χ2n) is 4.02. The van der Waals surface area contributed by atoms with E-state index in [4.69, 9.17) is 10.8 Å². The van der Waals surface area contributed by atoms with Crippen molar-refractivity contribution < 1.29 is 14.4 Å². The van der Waals surface area contributed by atoms with Crippen LogP contribution in [0.3, 0.4) is 0 Å². The third-order valence-corrected chi connectivity index (χ3v) is 2.19. The van der Waals surface area contributed by atoms with Crippen LogP contribution in [0.2, 0.25) is 0 Å². The Hall–Kier alpha value is -1.53. The maximum Gasteiger partial charge on any atom is 0.272 e. The second kappa shape index (κ2) is 4.54. The van der Waals surface area contributed by atoms with Crippen molar-refractivity contribution in [3.05, 3.63) is 39.7 Å². The van der Waals surface area contributed by atoms with Crippen LogP contribution in [0.1, 0.15) is 12.5 Å². The van der Waals surface area contributed by atoms with Crippen molar-refractivity contribution in [3.8, 4) is 0 Å². The molecule has 16 heavy (non-hydrogen) atoms. The van der Waals surface area contributed by atoms with E-state index in [2.05, 4.69) is 0 Å². The number of benzene rings is 1. The van der Waals surface area contributed by atoms with Crippen LogP contribution >= 0.6 is 0 Å². The molecule has 1 rings (SSSR count). The van der Waals surface area contributed by atoms with Gasteiger partial charge in [0.1, 0.15) is 5.82 Å². The number of nitrogens with zero attached hydrogens (tertiary/aromatic N) is 1. The van der Waals surface area contributed by atoms with Crippen molar-refractivity contribution >= 4 is 5.69 Å². The molecule has 6 heteroatoms. The fourth-order valence-electron chi connectivity index (χ4n) is 1.36. The fraction of sp³-hybridized carbons (Fsp3) is 0.400. The van der Waals surface area contributed by atoms with E-state index < -0.39 is 16.3 Å². The second-order valence-corrected chi connectivity index (χ2v) is 4.02. The van der Waals surface area contributed by atoms with Gasteiger partial charge in [-0.15, -0.1) is 0 Å². The Morgan fingerprint density at radius 1 is 1.62 bits per heavy atom. The van der Waals surface area contributed by atoms with Gasteiger partial charge in [-0.1, -0.05) is 0 Å². The van der Waals surface area contributed by atoms with Crippen LogP contribution in [0, 0.1) is 15.9 Å². The zero-order valence-corrected chi connectivity index (χ0v) is 8.81. The number of rotatable bonds is 4. The summed E-state index contributed by atoms with van der Waals surface area (Å²) in [5.74, 6) is -0.561. The molecule has 0 aliphatic carbocycles. The molecule has 0 saturated heterocycles. The molecule has 1 aromatic carbocycles. The molecule has 0 saturated carbocycles. The summed E-state index contributed by atoms with van der Waals surface area (Å²) in [5, 5.41) is 19.7. The highest BCUT2D eigenvalue weighted by Crippen LogP contribution is 2.23. The molecule has 0 spiro atoms.